The van der Waals surface area contributed by atoms with Crippen LogP contribution in [0.4, 0.5) is 0 Å². The first-order valence-corrected chi connectivity index (χ1v) is 6.87. The van der Waals surface area contributed by atoms with Crippen molar-refractivity contribution < 1.29 is 9.26 Å². The quantitative estimate of drug-likeness (QED) is 0.723. The van der Waals surface area contributed by atoms with Crippen LogP contribution in [0.2, 0.25) is 0 Å². The molecule has 0 spiro atoms. The first kappa shape index (κ1) is 12.9. The van der Waals surface area contributed by atoms with Crippen molar-refractivity contribution in [1.29, 1.82) is 0 Å². The van der Waals surface area contributed by atoms with Crippen LogP contribution in [-0.2, 0) is 6.61 Å². The number of benzene rings is 2. The second-order valence-electron chi connectivity index (χ2n) is 4.12. The second-order valence-corrected chi connectivity index (χ2v) is 5.04. The van der Waals surface area contributed by atoms with E-state index in [1.54, 1.807) is 0 Å². The summed E-state index contributed by atoms with van der Waals surface area (Å²) in [6.45, 7) is 0.257. The van der Waals surface area contributed by atoms with Crippen molar-refractivity contribution in [3.8, 4) is 17.1 Å². The molecule has 2 aromatic carbocycles. The van der Waals surface area contributed by atoms with E-state index in [1.165, 1.54) is 0 Å². The van der Waals surface area contributed by atoms with Gasteiger partial charge in [-0.1, -0.05) is 39.3 Å². The Morgan fingerprint density at radius 3 is 2.50 bits per heavy atom. The molecule has 0 fully saturated rings. The van der Waals surface area contributed by atoms with Crippen LogP contribution in [0.1, 0.15) is 5.89 Å². The number of nitrogens with zero attached hydrogens (tertiary/aromatic N) is 2. The molecule has 20 heavy (non-hydrogen) atoms. The summed E-state index contributed by atoms with van der Waals surface area (Å²) in [5.74, 6) is 1.78. The number of hydrogen-bond acceptors (Lipinski definition) is 4. The van der Waals surface area contributed by atoms with Crippen molar-refractivity contribution in [1.82, 2.24) is 10.1 Å². The van der Waals surface area contributed by atoms with Gasteiger partial charge in [0.1, 0.15) is 5.75 Å². The van der Waals surface area contributed by atoms with Crippen LogP contribution in [0.15, 0.2) is 63.6 Å². The van der Waals surface area contributed by atoms with Crippen molar-refractivity contribution in [2.24, 2.45) is 0 Å². The summed E-state index contributed by atoms with van der Waals surface area (Å²) in [4.78, 5) is 4.31. The minimum absolute atomic E-state index is 0.257. The Labute approximate surface area is 124 Å². The van der Waals surface area contributed by atoms with Gasteiger partial charge in [0.05, 0.1) is 0 Å². The average Bonchev–Trinajstić information content (AvgIpc) is 2.96. The smallest absolute Gasteiger partial charge is 0.264 e. The highest BCUT2D eigenvalue weighted by molar-refractivity contribution is 9.10. The van der Waals surface area contributed by atoms with Gasteiger partial charge in [-0.2, -0.15) is 4.98 Å². The minimum Gasteiger partial charge on any atom is -0.484 e. The summed E-state index contributed by atoms with van der Waals surface area (Å²) in [7, 11) is 0. The maximum absolute atomic E-state index is 5.56. The predicted molar refractivity (Wildman–Crippen MR) is 78.2 cm³/mol. The summed E-state index contributed by atoms with van der Waals surface area (Å²) in [5.41, 5.74) is 0.905. The molecule has 4 nitrogen and oxygen atoms in total. The molecule has 3 rings (SSSR count). The highest BCUT2D eigenvalue weighted by Gasteiger charge is 2.08. The molecule has 0 N–H and O–H groups in total. The van der Waals surface area contributed by atoms with Gasteiger partial charge < -0.3 is 9.26 Å². The Hall–Kier alpha value is -2.14. The Morgan fingerprint density at radius 2 is 1.75 bits per heavy atom. The van der Waals surface area contributed by atoms with Gasteiger partial charge in [-0.3, -0.25) is 0 Å². The molecule has 1 aromatic heterocycles. The largest absolute Gasteiger partial charge is 0.484 e. The first-order valence-electron chi connectivity index (χ1n) is 6.07. The molecule has 0 bridgehead atoms. The third kappa shape index (κ3) is 3.05. The van der Waals surface area contributed by atoms with E-state index in [0.29, 0.717) is 11.7 Å². The van der Waals surface area contributed by atoms with Crippen LogP contribution in [0.3, 0.4) is 0 Å². The molecule has 0 saturated carbocycles. The van der Waals surface area contributed by atoms with Gasteiger partial charge in [-0.15, -0.1) is 0 Å². The first-order chi connectivity index (χ1) is 9.81. The van der Waals surface area contributed by atoms with Crippen LogP contribution in [0, 0.1) is 0 Å². The van der Waals surface area contributed by atoms with E-state index in [2.05, 4.69) is 26.1 Å². The number of rotatable bonds is 4. The molecule has 1 heterocycles. The van der Waals surface area contributed by atoms with Gasteiger partial charge >= 0.3 is 0 Å². The number of aromatic nitrogens is 2. The maximum Gasteiger partial charge on any atom is 0.264 e. The fraction of sp³-hybridized carbons (Fsp3) is 0.0667. The van der Waals surface area contributed by atoms with Crippen molar-refractivity contribution in [3.63, 3.8) is 0 Å². The lowest BCUT2D eigenvalue weighted by atomic mass is 10.2. The lowest BCUT2D eigenvalue weighted by Crippen LogP contribution is -1.95. The molecule has 0 amide bonds. The van der Waals surface area contributed by atoms with E-state index in [4.69, 9.17) is 9.26 Å². The van der Waals surface area contributed by atoms with Gasteiger partial charge in [-0.25, -0.2) is 0 Å². The van der Waals surface area contributed by atoms with E-state index in [1.807, 2.05) is 54.6 Å². The molecular formula is C15H11BrN2O2. The number of ether oxygens (including phenoxy) is 1. The summed E-state index contributed by atoms with van der Waals surface area (Å²) in [6.07, 6.45) is 0. The normalized spacial score (nSPS) is 10.4. The van der Waals surface area contributed by atoms with Crippen LogP contribution < -0.4 is 4.74 Å². The third-order valence-corrected chi connectivity index (χ3v) is 3.20. The third-order valence-electron chi connectivity index (χ3n) is 2.68. The van der Waals surface area contributed by atoms with E-state index >= 15 is 0 Å². The Balaban J connectivity index is 1.69. The highest BCUT2D eigenvalue weighted by atomic mass is 79.9. The summed E-state index contributed by atoms with van der Waals surface area (Å²) in [5, 5.41) is 3.95. The molecule has 0 radical (unpaired) electrons. The van der Waals surface area contributed by atoms with Crippen LogP contribution in [0.5, 0.6) is 5.75 Å². The second kappa shape index (κ2) is 5.88. The molecule has 0 aliphatic carbocycles. The van der Waals surface area contributed by atoms with Crippen LogP contribution in [0.25, 0.3) is 11.4 Å². The molecule has 5 heteroatoms. The SMILES string of the molecule is Brc1ccc(-c2noc(COc3ccccc3)n2)cc1. The summed E-state index contributed by atoms with van der Waals surface area (Å²) < 4.78 is 11.7. The minimum atomic E-state index is 0.257. The van der Waals surface area contributed by atoms with E-state index < -0.39 is 0 Å². The van der Waals surface area contributed by atoms with Gasteiger partial charge in [0.2, 0.25) is 5.82 Å². The fourth-order valence-corrected chi connectivity index (χ4v) is 1.96. The van der Waals surface area contributed by atoms with Gasteiger partial charge in [0.25, 0.3) is 5.89 Å². The van der Waals surface area contributed by atoms with Crippen molar-refractivity contribution in [2.75, 3.05) is 0 Å². The van der Waals surface area contributed by atoms with Gasteiger partial charge in [-0.05, 0) is 36.4 Å². The van der Waals surface area contributed by atoms with E-state index in [9.17, 15) is 0 Å². The zero-order valence-electron chi connectivity index (χ0n) is 10.5. The molecule has 0 aliphatic heterocycles. The Morgan fingerprint density at radius 1 is 1.00 bits per heavy atom. The zero-order chi connectivity index (χ0) is 13.8. The molecule has 3 aromatic rings. The molecule has 0 atom stereocenters. The number of hydrogen-bond donors (Lipinski definition) is 0. The van der Waals surface area contributed by atoms with E-state index in [0.717, 1.165) is 15.8 Å². The Bertz CT molecular complexity index is 681. The van der Waals surface area contributed by atoms with Crippen molar-refractivity contribution in [2.45, 2.75) is 6.61 Å². The standard InChI is InChI=1S/C15H11BrN2O2/c16-12-8-6-11(7-9-12)15-17-14(20-18-15)10-19-13-4-2-1-3-5-13/h1-9H,10H2. The topological polar surface area (TPSA) is 48.2 Å². The zero-order valence-corrected chi connectivity index (χ0v) is 12.1. The predicted octanol–water partition coefficient (Wildman–Crippen LogP) is 4.08. The molecular weight excluding hydrogens is 320 g/mol. The molecule has 0 aliphatic rings. The van der Waals surface area contributed by atoms with Crippen molar-refractivity contribution >= 4 is 15.9 Å². The van der Waals surface area contributed by atoms with Crippen LogP contribution >= 0.6 is 15.9 Å². The monoisotopic (exact) mass is 330 g/mol. The van der Waals surface area contributed by atoms with Crippen LogP contribution in [-0.4, -0.2) is 10.1 Å². The fourth-order valence-electron chi connectivity index (χ4n) is 1.69. The Kier molecular flexibility index (Phi) is 3.78. The van der Waals surface area contributed by atoms with Crippen molar-refractivity contribution in [3.05, 3.63) is 65.0 Å². The summed E-state index contributed by atoms with van der Waals surface area (Å²) >= 11 is 3.39. The lowest BCUT2D eigenvalue weighted by Gasteiger charge is -2.01. The number of halogens is 1. The summed E-state index contributed by atoms with van der Waals surface area (Å²) in [6, 6.07) is 17.3. The van der Waals surface area contributed by atoms with E-state index in [-0.39, 0.29) is 6.61 Å². The average molecular weight is 331 g/mol. The highest BCUT2D eigenvalue weighted by Crippen LogP contribution is 2.19. The molecule has 0 saturated heterocycles. The lowest BCUT2D eigenvalue weighted by molar-refractivity contribution is 0.243. The number of para-hydroxylation sites is 1. The molecule has 0 unspecified atom stereocenters. The maximum atomic E-state index is 5.56. The molecule has 100 valence electrons. The van der Waals surface area contributed by atoms with Gasteiger partial charge in [0.15, 0.2) is 6.61 Å². The van der Waals surface area contributed by atoms with Gasteiger partial charge in [0, 0.05) is 10.0 Å².